The molecule has 0 N–H and O–H groups in total. The minimum Gasteiger partial charge on any atom is -0.439 e. The highest BCUT2D eigenvalue weighted by Crippen LogP contribution is 2.21. The fraction of sp³-hybridized carbons (Fsp3) is 0.154. The first-order chi connectivity index (χ1) is 9.00. The fourth-order valence-corrected chi connectivity index (χ4v) is 2.28. The predicted octanol–water partition coefficient (Wildman–Crippen LogP) is 1.92. The molecule has 1 aromatic carbocycles. The summed E-state index contributed by atoms with van der Waals surface area (Å²) in [5.74, 6) is 0.957. The maximum Gasteiger partial charge on any atom is 0.242 e. The van der Waals surface area contributed by atoms with Crippen molar-refractivity contribution in [3.63, 3.8) is 0 Å². The number of rotatable bonds is 4. The quantitative estimate of drug-likeness (QED) is 0.856. The number of hydrogen-bond acceptors (Lipinski definition) is 4. The van der Waals surface area contributed by atoms with Gasteiger partial charge in [0.15, 0.2) is 0 Å². The monoisotopic (exact) mass is 277 g/mol. The van der Waals surface area contributed by atoms with Gasteiger partial charge in [0.1, 0.15) is 5.75 Å². The van der Waals surface area contributed by atoms with Crippen molar-refractivity contribution in [1.82, 2.24) is 9.29 Å². The summed E-state index contributed by atoms with van der Waals surface area (Å²) in [6.07, 6.45) is 1.50. The number of ether oxygens (including phenoxy) is 1. The average molecular weight is 277 g/mol. The molecule has 0 saturated carbocycles. The molecule has 1 radical (unpaired) electrons. The number of pyridine rings is 1. The van der Waals surface area contributed by atoms with Crippen molar-refractivity contribution < 1.29 is 13.2 Å². The van der Waals surface area contributed by atoms with Crippen LogP contribution in [0.3, 0.4) is 0 Å². The first kappa shape index (κ1) is 13.5. The van der Waals surface area contributed by atoms with Crippen LogP contribution in [0.1, 0.15) is 0 Å². The molecule has 0 aliphatic heterocycles. The molecule has 0 unspecified atom stereocenters. The van der Waals surface area contributed by atoms with Crippen molar-refractivity contribution >= 4 is 10.0 Å². The third-order valence-electron chi connectivity index (χ3n) is 2.41. The molecule has 6 heteroatoms. The highest BCUT2D eigenvalue weighted by Gasteiger charge is 2.16. The standard InChI is InChI=1S/C13H13N2O3S/c1-15(2)19(16,17)12-8-6-11(7-9-12)18-13-5-3-4-10-14-13/h3,5-10H,1-2H3. The molecule has 0 saturated heterocycles. The Bertz CT molecular complexity index is 637. The Hall–Kier alpha value is -1.92. The van der Waals surface area contributed by atoms with Crippen LogP contribution in [-0.4, -0.2) is 31.8 Å². The van der Waals surface area contributed by atoms with Crippen LogP contribution in [0.5, 0.6) is 11.6 Å². The number of aromatic nitrogens is 1. The number of benzene rings is 1. The molecule has 2 rings (SSSR count). The van der Waals surface area contributed by atoms with E-state index >= 15 is 0 Å². The summed E-state index contributed by atoms with van der Waals surface area (Å²) in [7, 11) is -0.429. The van der Waals surface area contributed by atoms with Gasteiger partial charge in [-0.25, -0.2) is 17.7 Å². The lowest BCUT2D eigenvalue weighted by molar-refractivity contribution is 0.462. The molecular weight excluding hydrogens is 264 g/mol. The zero-order chi connectivity index (χ0) is 13.9. The van der Waals surface area contributed by atoms with Gasteiger partial charge in [-0.05, 0) is 30.3 Å². The number of nitrogens with zero attached hydrogens (tertiary/aromatic N) is 2. The second-order valence-corrected chi connectivity index (χ2v) is 6.11. The topological polar surface area (TPSA) is 59.5 Å². The normalized spacial score (nSPS) is 11.5. The van der Waals surface area contributed by atoms with E-state index in [9.17, 15) is 8.42 Å². The molecule has 2 aromatic rings. The Morgan fingerprint density at radius 3 is 2.37 bits per heavy atom. The first-order valence-corrected chi connectivity index (χ1v) is 6.97. The van der Waals surface area contributed by atoms with Crippen LogP contribution >= 0.6 is 0 Å². The fourth-order valence-electron chi connectivity index (χ4n) is 1.38. The number of hydrogen-bond donors (Lipinski definition) is 0. The maximum absolute atomic E-state index is 11.9. The molecule has 1 aromatic heterocycles. The molecule has 0 amide bonds. The van der Waals surface area contributed by atoms with E-state index in [0.29, 0.717) is 11.6 Å². The van der Waals surface area contributed by atoms with Crippen LogP contribution in [0.4, 0.5) is 0 Å². The minimum absolute atomic E-state index is 0.221. The van der Waals surface area contributed by atoms with Crippen LogP contribution in [-0.2, 0) is 10.0 Å². The summed E-state index contributed by atoms with van der Waals surface area (Å²) in [4.78, 5) is 4.19. The molecule has 0 fully saturated rings. The SMILES string of the molecule is CN(C)S(=O)(=O)c1ccc(Oc2cc[c]cn2)cc1. The summed E-state index contributed by atoms with van der Waals surface area (Å²) in [6, 6.07) is 12.3. The van der Waals surface area contributed by atoms with Gasteiger partial charge in [-0.3, -0.25) is 0 Å². The molecular formula is C13H13N2O3S. The average Bonchev–Trinajstić information content (AvgIpc) is 2.40. The molecule has 19 heavy (non-hydrogen) atoms. The van der Waals surface area contributed by atoms with Crippen LogP contribution in [0.15, 0.2) is 47.5 Å². The van der Waals surface area contributed by atoms with Crippen molar-refractivity contribution in [3.8, 4) is 11.6 Å². The zero-order valence-corrected chi connectivity index (χ0v) is 11.4. The molecule has 5 nitrogen and oxygen atoms in total. The van der Waals surface area contributed by atoms with Gasteiger partial charge in [-0.2, -0.15) is 0 Å². The van der Waals surface area contributed by atoms with Crippen LogP contribution < -0.4 is 4.74 Å². The lowest BCUT2D eigenvalue weighted by atomic mass is 10.3. The summed E-state index contributed by atoms with van der Waals surface area (Å²) >= 11 is 0. The Labute approximate surface area is 112 Å². The molecule has 99 valence electrons. The van der Waals surface area contributed by atoms with Gasteiger partial charge < -0.3 is 4.74 Å². The van der Waals surface area contributed by atoms with Gasteiger partial charge in [0.05, 0.1) is 4.90 Å². The Morgan fingerprint density at radius 1 is 1.16 bits per heavy atom. The second kappa shape index (κ2) is 5.38. The largest absolute Gasteiger partial charge is 0.439 e. The van der Waals surface area contributed by atoms with Crippen LogP contribution in [0.2, 0.25) is 0 Å². The van der Waals surface area contributed by atoms with E-state index < -0.39 is 10.0 Å². The molecule has 0 spiro atoms. The zero-order valence-electron chi connectivity index (χ0n) is 10.6. The third-order valence-corrected chi connectivity index (χ3v) is 4.24. The summed E-state index contributed by atoms with van der Waals surface area (Å²) in [5.41, 5.74) is 0. The van der Waals surface area contributed by atoms with Gasteiger partial charge in [-0.15, -0.1) is 0 Å². The molecule has 0 aliphatic carbocycles. The smallest absolute Gasteiger partial charge is 0.242 e. The third kappa shape index (κ3) is 3.10. The van der Waals surface area contributed by atoms with Gasteiger partial charge in [0.2, 0.25) is 15.9 Å². The molecule has 1 heterocycles. The van der Waals surface area contributed by atoms with E-state index in [1.54, 1.807) is 24.3 Å². The molecule has 0 bridgehead atoms. The van der Waals surface area contributed by atoms with Crippen molar-refractivity contribution in [3.05, 3.63) is 48.7 Å². The number of sulfonamides is 1. The van der Waals surface area contributed by atoms with Crippen LogP contribution in [0.25, 0.3) is 0 Å². The summed E-state index contributed by atoms with van der Waals surface area (Å²) in [5, 5.41) is 0. The van der Waals surface area contributed by atoms with Crippen molar-refractivity contribution in [2.75, 3.05) is 14.1 Å². The summed E-state index contributed by atoms with van der Waals surface area (Å²) < 4.78 is 30.4. The Kier molecular flexibility index (Phi) is 3.82. The van der Waals surface area contributed by atoms with Crippen LogP contribution in [0, 0.1) is 6.07 Å². The maximum atomic E-state index is 11.9. The van der Waals surface area contributed by atoms with E-state index in [0.717, 1.165) is 4.31 Å². The van der Waals surface area contributed by atoms with E-state index in [1.165, 1.54) is 32.4 Å². The van der Waals surface area contributed by atoms with E-state index in [-0.39, 0.29) is 4.90 Å². The van der Waals surface area contributed by atoms with Gasteiger partial charge in [0.25, 0.3) is 0 Å². The lowest BCUT2D eigenvalue weighted by Crippen LogP contribution is -2.22. The van der Waals surface area contributed by atoms with E-state index in [4.69, 9.17) is 4.74 Å². The van der Waals surface area contributed by atoms with Crippen molar-refractivity contribution in [2.45, 2.75) is 4.90 Å². The second-order valence-electron chi connectivity index (χ2n) is 3.96. The molecule has 0 atom stereocenters. The van der Waals surface area contributed by atoms with E-state index in [1.807, 2.05) is 0 Å². The molecule has 0 aliphatic rings. The van der Waals surface area contributed by atoms with Crippen molar-refractivity contribution in [2.24, 2.45) is 0 Å². The lowest BCUT2D eigenvalue weighted by Gasteiger charge is -2.11. The van der Waals surface area contributed by atoms with E-state index in [2.05, 4.69) is 11.1 Å². The highest BCUT2D eigenvalue weighted by atomic mass is 32.2. The van der Waals surface area contributed by atoms with Crippen molar-refractivity contribution in [1.29, 1.82) is 0 Å². The minimum atomic E-state index is -3.41. The first-order valence-electron chi connectivity index (χ1n) is 5.53. The summed E-state index contributed by atoms with van der Waals surface area (Å²) in [6.45, 7) is 0. The predicted molar refractivity (Wildman–Crippen MR) is 70.5 cm³/mol. The Balaban J connectivity index is 2.20. The van der Waals surface area contributed by atoms with Gasteiger partial charge >= 0.3 is 0 Å². The highest BCUT2D eigenvalue weighted by molar-refractivity contribution is 7.89. The van der Waals surface area contributed by atoms with Gasteiger partial charge in [-0.1, -0.05) is 0 Å². The van der Waals surface area contributed by atoms with Gasteiger partial charge in [0, 0.05) is 32.4 Å². The Morgan fingerprint density at radius 2 is 1.84 bits per heavy atom.